The highest BCUT2D eigenvalue weighted by Crippen LogP contribution is 2.31. The lowest BCUT2D eigenvalue weighted by Gasteiger charge is -2.18. The van der Waals surface area contributed by atoms with Gasteiger partial charge in [0.1, 0.15) is 23.1 Å². The molecule has 0 atom stereocenters. The molecule has 2 N–H and O–H groups in total. The average molecular weight is 416 g/mol. The molecule has 152 valence electrons. The first-order chi connectivity index (χ1) is 13.9. The number of amides is 3. The summed E-state index contributed by atoms with van der Waals surface area (Å²) < 4.78 is 15.7. The van der Waals surface area contributed by atoms with Gasteiger partial charge < -0.3 is 19.5 Å². The highest BCUT2D eigenvalue weighted by molar-refractivity contribution is 7.14. The van der Waals surface area contributed by atoms with E-state index in [1.807, 2.05) is 0 Å². The van der Waals surface area contributed by atoms with Gasteiger partial charge in [-0.25, -0.2) is 4.79 Å². The minimum Gasteiger partial charge on any atom is -0.497 e. The second kappa shape index (κ2) is 8.78. The highest BCUT2D eigenvalue weighted by Gasteiger charge is 2.22. The second-order valence-corrected chi connectivity index (χ2v) is 7.30. The second-order valence-electron chi connectivity index (χ2n) is 6.39. The molecule has 1 aromatic heterocycles. The molecule has 3 amide bonds. The van der Waals surface area contributed by atoms with Crippen LogP contribution in [-0.4, -0.2) is 37.7 Å². The molecule has 2 aromatic rings. The van der Waals surface area contributed by atoms with Crippen LogP contribution in [-0.2, 0) is 9.53 Å². The van der Waals surface area contributed by atoms with E-state index >= 15 is 0 Å². The van der Waals surface area contributed by atoms with Gasteiger partial charge in [0.25, 0.3) is 11.8 Å². The molecule has 1 aromatic carbocycles. The van der Waals surface area contributed by atoms with Crippen molar-refractivity contribution in [1.82, 2.24) is 5.32 Å². The van der Waals surface area contributed by atoms with Gasteiger partial charge in [0.05, 0.1) is 24.4 Å². The zero-order valence-corrected chi connectivity index (χ0v) is 16.9. The van der Waals surface area contributed by atoms with Gasteiger partial charge in [-0.05, 0) is 49.6 Å². The predicted octanol–water partition coefficient (Wildman–Crippen LogP) is 3.45. The first kappa shape index (κ1) is 20.4. The summed E-state index contributed by atoms with van der Waals surface area (Å²) >= 11 is 1.17. The quantitative estimate of drug-likeness (QED) is 0.774. The summed E-state index contributed by atoms with van der Waals surface area (Å²) in [4.78, 5) is 36.6. The first-order valence-electron chi connectivity index (χ1n) is 8.79. The van der Waals surface area contributed by atoms with Crippen LogP contribution in [0.3, 0.4) is 0 Å². The number of carbonyl (C=O) groups is 3. The van der Waals surface area contributed by atoms with E-state index in [0.29, 0.717) is 22.1 Å². The van der Waals surface area contributed by atoms with E-state index in [2.05, 4.69) is 10.6 Å². The summed E-state index contributed by atoms with van der Waals surface area (Å²) in [6.45, 7) is 3.45. The highest BCUT2D eigenvalue weighted by atomic mass is 32.1. The lowest BCUT2D eigenvalue weighted by molar-refractivity contribution is -0.113. The molecule has 2 heterocycles. The third kappa shape index (κ3) is 4.94. The lowest BCUT2D eigenvalue weighted by Crippen LogP contribution is -2.33. The molecule has 0 aliphatic carbocycles. The number of hydrogen-bond acceptors (Lipinski definition) is 7. The summed E-state index contributed by atoms with van der Waals surface area (Å²) in [5.74, 6) is 0.244. The number of rotatable bonds is 5. The number of alkyl carbamates (subject to hydrolysis) is 1. The SMILES string of the molecule is COc1ccc2c(c1)C=C(C(=O)Nc1sccc1C(=O)NC(=O)OC(C)C)CO2. The van der Waals surface area contributed by atoms with Crippen LogP contribution < -0.4 is 20.1 Å². The Balaban J connectivity index is 1.72. The molecule has 9 heteroatoms. The molecular weight excluding hydrogens is 396 g/mol. The van der Waals surface area contributed by atoms with Gasteiger partial charge in [0, 0.05) is 5.56 Å². The lowest BCUT2D eigenvalue weighted by atomic mass is 10.1. The van der Waals surface area contributed by atoms with E-state index in [-0.39, 0.29) is 18.3 Å². The van der Waals surface area contributed by atoms with E-state index < -0.39 is 17.9 Å². The number of ether oxygens (including phenoxy) is 3. The van der Waals surface area contributed by atoms with Crippen molar-refractivity contribution < 1.29 is 28.6 Å². The number of fused-ring (bicyclic) bond motifs is 1. The molecule has 0 spiro atoms. The molecule has 8 nitrogen and oxygen atoms in total. The molecule has 0 fully saturated rings. The fourth-order valence-electron chi connectivity index (χ4n) is 2.59. The van der Waals surface area contributed by atoms with Gasteiger partial charge in [-0.2, -0.15) is 0 Å². The third-order valence-corrected chi connectivity index (χ3v) is 4.75. The van der Waals surface area contributed by atoms with Gasteiger partial charge >= 0.3 is 6.09 Å². The van der Waals surface area contributed by atoms with Gasteiger partial charge in [-0.3, -0.25) is 14.9 Å². The monoisotopic (exact) mass is 416 g/mol. The van der Waals surface area contributed by atoms with Crippen LogP contribution in [0, 0.1) is 0 Å². The van der Waals surface area contributed by atoms with Crippen molar-refractivity contribution in [2.24, 2.45) is 0 Å². The van der Waals surface area contributed by atoms with Crippen molar-refractivity contribution in [3.63, 3.8) is 0 Å². The van der Waals surface area contributed by atoms with Gasteiger partial charge in [0.2, 0.25) is 0 Å². The number of nitrogens with one attached hydrogen (secondary N) is 2. The molecule has 0 unspecified atom stereocenters. The van der Waals surface area contributed by atoms with E-state index in [4.69, 9.17) is 14.2 Å². The van der Waals surface area contributed by atoms with Crippen molar-refractivity contribution >= 4 is 40.3 Å². The fraction of sp³-hybridized carbons (Fsp3) is 0.250. The van der Waals surface area contributed by atoms with Crippen LogP contribution in [0.15, 0.2) is 35.2 Å². The van der Waals surface area contributed by atoms with Crippen molar-refractivity contribution in [2.75, 3.05) is 19.0 Å². The van der Waals surface area contributed by atoms with E-state index in [0.717, 1.165) is 5.56 Å². The minimum atomic E-state index is -0.845. The Morgan fingerprint density at radius 3 is 2.69 bits per heavy atom. The molecule has 1 aliphatic rings. The molecule has 0 bridgehead atoms. The number of methoxy groups -OCH3 is 1. The van der Waals surface area contributed by atoms with Crippen LogP contribution in [0.25, 0.3) is 6.08 Å². The summed E-state index contributed by atoms with van der Waals surface area (Å²) in [6.07, 6.45) is 0.510. The van der Waals surface area contributed by atoms with E-state index in [9.17, 15) is 14.4 Å². The molecule has 0 saturated heterocycles. The van der Waals surface area contributed by atoms with Crippen LogP contribution in [0.4, 0.5) is 9.80 Å². The summed E-state index contributed by atoms with van der Waals surface area (Å²) in [6, 6.07) is 6.84. The molecular formula is C20H20N2O6S. The van der Waals surface area contributed by atoms with Crippen LogP contribution in [0.5, 0.6) is 11.5 Å². The van der Waals surface area contributed by atoms with Gasteiger partial charge in [-0.1, -0.05) is 0 Å². The maximum atomic E-state index is 12.7. The summed E-state index contributed by atoms with van der Waals surface area (Å²) in [7, 11) is 1.56. The maximum absolute atomic E-state index is 12.7. The number of anilines is 1. The van der Waals surface area contributed by atoms with Crippen molar-refractivity contribution in [3.05, 3.63) is 46.3 Å². The summed E-state index contributed by atoms with van der Waals surface area (Å²) in [5, 5.41) is 6.80. The average Bonchev–Trinajstić information content (AvgIpc) is 3.14. The topological polar surface area (TPSA) is 103 Å². The number of imide groups is 1. The predicted molar refractivity (Wildman–Crippen MR) is 108 cm³/mol. The Kier molecular flexibility index (Phi) is 6.18. The Labute approximate surface area is 171 Å². The summed E-state index contributed by atoms with van der Waals surface area (Å²) in [5.41, 5.74) is 1.29. The maximum Gasteiger partial charge on any atom is 0.414 e. The largest absolute Gasteiger partial charge is 0.497 e. The van der Waals surface area contributed by atoms with E-state index in [1.54, 1.807) is 50.6 Å². The number of thiophene rings is 1. The Bertz CT molecular complexity index is 979. The van der Waals surface area contributed by atoms with Crippen molar-refractivity contribution in [1.29, 1.82) is 0 Å². The molecule has 3 rings (SSSR count). The van der Waals surface area contributed by atoms with Gasteiger partial charge in [-0.15, -0.1) is 11.3 Å². The molecule has 0 saturated carbocycles. The van der Waals surface area contributed by atoms with Crippen molar-refractivity contribution in [3.8, 4) is 11.5 Å². The molecule has 1 aliphatic heterocycles. The smallest absolute Gasteiger partial charge is 0.414 e. The fourth-order valence-corrected chi connectivity index (χ4v) is 3.37. The van der Waals surface area contributed by atoms with Crippen molar-refractivity contribution in [2.45, 2.75) is 20.0 Å². The van der Waals surface area contributed by atoms with Gasteiger partial charge in [0.15, 0.2) is 0 Å². The Morgan fingerprint density at radius 2 is 1.97 bits per heavy atom. The van der Waals surface area contributed by atoms with Crippen LogP contribution >= 0.6 is 11.3 Å². The Hall–Kier alpha value is -3.33. The zero-order valence-electron chi connectivity index (χ0n) is 16.1. The zero-order chi connectivity index (χ0) is 21.0. The third-order valence-electron chi connectivity index (χ3n) is 3.92. The minimum absolute atomic E-state index is 0.0960. The normalized spacial score (nSPS) is 12.3. The standard InChI is InChI=1S/C20H20N2O6S/c1-11(2)28-20(25)22-18(24)15-6-7-29-19(15)21-17(23)13-8-12-9-14(26-3)4-5-16(12)27-10-13/h4-9,11H,10H2,1-3H3,(H,21,23)(H,22,24,25). The number of carbonyl (C=O) groups excluding carboxylic acids is 3. The van der Waals surface area contributed by atoms with Crippen LogP contribution in [0.1, 0.15) is 29.8 Å². The van der Waals surface area contributed by atoms with Crippen LogP contribution in [0.2, 0.25) is 0 Å². The Morgan fingerprint density at radius 1 is 1.17 bits per heavy atom. The molecule has 0 radical (unpaired) electrons. The molecule has 29 heavy (non-hydrogen) atoms. The number of hydrogen-bond donors (Lipinski definition) is 2. The van der Waals surface area contributed by atoms with E-state index in [1.165, 1.54) is 17.4 Å². The number of benzene rings is 1. The first-order valence-corrected chi connectivity index (χ1v) is 9.67.